The van der Waals surface area contributed by atoms with Crippen molar-refractivity contribution in [1.82, 2.24) is 4.57 Å². The highest BCUT2D eigenvalue weighted by molar-refractivity contribution is 5.97. The van der Waals surface area contributed by atoms with E-state index in [1.807, 2.05) is 0 Å². The standard InChI is InChI=1S/C12H13NO4/c1-13-9(12(14)15)5-7-4-8(16-2)6-10(17-3)11(7)13/h4-6H,1-3H3,(H,14,15). The Labute approximate surface area is 98.2 Å². The average Bonchev–Trinajstić information content (AvgIpc) is 2.65. The topological polar surface area (TPSA) is 60.7 Å². The molecule has 1 heterocycles. The van der Waals surface area contributed by atoms with Gasteiger partial charge in [-0.3, -0.25) is 0 Å². The van der Waals surface area contributed by atoms with Crippen molar-refractivity contribution in [3.63, 3.8) is 0 Å². The summed E-state index contributed by atoms with van der Waals surface area (Å²) < 4.78 is 12.0. The number of ether oxygens (including phenoxy) is 2. The van der Waals surface area contributed by atoms with E-state index in [9.17, 15) is 4.79 Å². The molecule has 90 valence electrons. The molecule has 0 atom stereocenters. The SMILES string of the molecule is COc1cc(OC)c2c(c1)cc(C(=O)O)n2C. The third-order valence-corrected chi connectivity index (χ3v) is 2.74. The lowest BCUT2D eigenvalue weighted by Crippen LogP contribution is -2.04. The smallest absolute Gasteiger partial charge is 0.352 e. The van der Waals surface area contributed by atoms with E-state index >= 15 is 0 Å². The average molecular weight is 235 g/mol. The summed E-state index contributed by atoms with van der Waals surface area (Å²) in [4.78, 5) is 11.1. The molecule has 0 fully saturated rings. The third-order valence-electron chi connectivity index (χ3n) is 2.74. The number of hydrogen-bond donors (Lipinski definition) is 1. The number of aryl methyl sites for hydroxylation is 1. The Morgan fingerprint density at radius 3 is 2.47 bits per heavy atom. The molecular weight excluding hydrogens is 222 g/mol. The van der Waals surface area contributed by atoms with E-state index in [0.717, 1.165) is 10.9 Å². The van der Waals surface area contributed by atoms with Crippen LogP contribution in [0, 0.1) is 0 Å². The summed E-state index contributed by atoms with van der Waals surface area (Å²) in [5.74, 6) is 0.260. The molecule has 2 aromatic rings. The van der Waals surface area contributed by atoms with Crippen LogP contribution in [-0.4, -0.2) is 29.9 Å². The van der Waals surface area contributed by atoms with Crippen LogP contribution in [0.4, 0.5) is 0 Å². The molecule has 0 amide bonds. The van der Waals surface area contributed by atoms with Gasteiger partial charge in [-0.2, -0.15) is 0 Å². The summed E-state index contributed by atoms with van der Waals surface area (Å²) in [5.41, 5.74) is 0.956. The Balaban J connectivity index is 2.81. The third kappa shape index (κ3) is 1.69. The molecule has 0 aliphatic heterocycles. The molecule has 0 radical (unpaired) electrons. The molecule has 17 heavy (non-hydrogen) atoms. The van der Waals surface area contributed by atoms with E-state index in [-0.39, 0.29) is 5.69 Å². The second kappa shape index (κ2) is 4.01. The Morgan fingerprint density at radius 1 is 1.24 bits per heavy atom. The number of carbonyl (C=O) groups is 1. The van der Waals surface area contributed by atoms with Crippen molar-refractivity contribution in [1.29, 1.82) is 0 Å². The number of nitrogens with zero attached hydrogens (tertiary/aromatic N) is 1. The number of hydrogen-bond acceptors (Lipinski definition) is 3. The predicted octanol–water partition coefficient (Wildman–Crippen LogP) is 1.89. The quantitative estimate of drug-likeness (QED) is 0.882. The molecular formula is C12H13NO4. The molecule has 5 heteroatoms. The Bertz CT molecular complexity index is 586. The van der Waals surface area contributed by atoms with E-state index < -0.39 is 5.97 Å². The van der Waals surface area contributed by atoms with Crippen LogP contribution in [-0.2, 0) is 7.05 Å². The number of benzene rings is 1. The molecule has 0 unspecified atom stereocenters. The first-order chi connectivity index (χ1) is 8.08. The zero-order valence-electron chi connectivity index (χ0n) is 9.85. The summed E-state index contributed by atoms with van der Waals surface area (Å²) in [7, 11) is 4.80. The number of carboxylic acids is 1. The highest BCUT2D eigenvalue weighted by Gasteiger charge is 2.16. The van der Waals surface area contributed by atoms with Crippen molar-refractivity contribution in [2.75, 3.05) is 14.2 Å². The monoisotopic (exact) mass is 235 g/mol. The minimum Gasteiger partial charge on any atom is -0.497 e. The molecule has 2 rings (SSSR count). The van der Waals surface area contributed by atoms with Crippen LogP contribution < -0.4 is 9.47 Å². The lowest BCUT2D eigenvalue weighted by molar-refractivity contribution is 0.0687. The maximum Gasteiger partial charge on any atom is 0.352 e. The zero-order chi connectivity index (χ0) is 12.6. The van der Waals surface area contributed by atoms with Gasteiger partial charge in [-0.25, -0.2) is 4.79 Å². The van der Waals surface area contributed by atoms with Gasteiger partial charge in [0.1, 0.15) is 17.2 Å². The van der Waals surface area contributed by atoms with Crippen LogP contribution in [0.3, 0.4) is 0 Å². The van der Waals surface area contributed by atoms with Gasteiger partial charge in [-0.15, -0.1) is 0 Å². The maximum absolute atomic E-state index is 11.1. The van der Waals surface area contributed by atoms with Gasteiger partial charge >= 0.3 is 5.97 Å². The summed E-state index contributed by atoms with van der Waals surface area (Å²) in [6.45, 7) is 0. The van der Waals surface area contributed by atoms with Gasteiger partial charge in [0.2, 0.25) is 0 Å². The van der Waals surface area contributed by atoms with Gasteiger partial charge < -0.3 is 19.1 Å². The van der Waals surface area contributed by atoms with E-state index in [1.165, 1.54) is 0 Å². The molecule has 0 spiro atoms. The first-order valence-electron chi connectivity index (χ1n) is 5.03. The van der Waals surface area contributed by atoms with Crippen LogP contribution in [0.2, 0.25) is 0 Å². The summed E-state index contributed by atoms with van der Waals surface area (Å²) in [6, 6.07) is 5.11. The van der Waals surface area contributed by atoms with E-state index in [1.54, 1.807) is 44.0 Å². The largest absolute Gasteiger partial charge is 0.497 e. The zero-order valence-corrected chi connectivity index (χ0v) is 9.85. The van der Waals surface area contributed by atoms with Crippen LogP contribution in [0.25, 0.3) is 10.9 Å². The fraction of sp³-hybridized carbons (Fsp3) is 0.250. The van der Waals surface area contributed by atoms with E-state index in [2.05, 4.69) is 0 Å². The number of methoxy groups -OCH3 is 2. The van der Waals surface area contributed by atoms with Crippen molar-refractivity contribution < 1.29 is 19.4 Å². The molecule has 1 N–H and O–H groups in total. The van der Waals surface area contributed by atoms with Crippen LogP contribution >= 0.6 is 0 Å². The van der Waals surface area contributed by atoms with Crippen LogP contribution in [0.5, 0.6) is 11.5 Å². The molecule has 1 aromatic carbocycles. The predicted molar refractivity (Wildman–Crippen MR) is 63.0 cm³/mol. The van der Waals surface area contributed by atoms with Gasteiger partial charge in [0.15, 0.2) is 0 Å². The Kier molecular flexibility index (Phi) is 2.67. The van der Waals surface area contributed by atoms with Gasteiger partial charge in [0, 0.05) is 18.5 Å². The van der Waals surface area contributed by atoms with E-state index in [4.69, 9.17) is 14.6 Å². The Morgan fingerprint density at radius 2 is 1.94 bits per heavy atom. The fourth-order valence-electron chi connectivity index (χ4n) is 1.92. The summed E-state index contributed by atoms with van der Waals surface area (Å²) in [6.07, 6.45) is 0. The molecule has 1 aromatic heterocycles. The minimum absolute atomic E-state index is 0.214. The van der Waals surface area contributed by atoms with Crippen LogP contribution in [0.1, 0.15) is 10.5 Å². The maximum atomic E-state index is 11.1. The highest BCUT2D eigenvalue weighted by Crippen LogP contribution is 2.32. The molecule has 0 aliphatic rings. The molecule has 0 saturated carbocycles. The Hall–Kier alpha value is -2.17. The van der Waals surface area contributed by atoms with Crippen molar-refractivity contribution in [2.24, 2.45) is 7.05 Å². The van der Waals surface area contributed by atoms with Gasteiger partial charge in [-0.1, -0.05) is 0 Å². The first kappa shape index (κ1) is 11.3. The lowest BCUT2D eigenvalue weighted by Gasteiger charge is -2.08. The first-order valence-corrected chi connectivity index (χ1v) is 5.03. The van der Waals surface area contributed by atoms with Crippen molar-refractivity contribution in [3.8, 4) is 11.5 Å². The molecule has 0 bridgehead atoms. The number of aromatic carboxylic acids is 1. The number of aromatic nitrogens is 1. The normalized spacial score (nSPS) is 10.5. The second-order valence-electron chi connectivity index (χ2n) is 3.66. The van der Waals surface area contributed by atoms with Crippen molar-refractivity contribution in [2.45, 2.75) is 0 Å². The van der Waals surface area contributed by atoms with Gasteiger partial charge in [0.05, 0.1) is 19.7 Å². The number of rotatable bonds is 3. The highest BCUT2D eigenvalue weighted by atomic mass is 16.5. The van der Waals surface area contributed by atoms with Gasteiger partial charge in [0.25, 0.3) is 0 Å². The molecule has 0 aliphatic carbocycles. The van der Waals surface area contributed by atoms with Crippen molar-refractivity contribution >= 4 is 16.9 Å². The van der Waals surface area contributed by atoms with Crippen LogP contribution in [0.15, 0.2) is 18.2 Å². The minimum atomic E-state index is -0.968. The second-order valence-corrected chi connectivity index (χ2v) is 3.66. The van der Waals surface area contributed by atoms with Gasteiger partial charge in [-0.05, 0) is 12.1 Å². The molecule has 5 nitrogen and oxygen atoms in total. The summed E-state index contributed by atoms with van der Waals surface area (Å²) >= 11 is 0. The van der Waals surface area contributed by atoms with Crippen molar-refractivity contribution in [3.05, 3.63) is 23.9 Å². The summed E-state index contributed by atoms with van der Waals surface area (Å²) in [5, 5.41) is 9.84. The number of fused-ring (bicyclic) bond motifs is 1. The fourth-order valence-corrected chi connectivity index (χ4v) is 1.92. The molecule has 0 saturated heterocycles. The van der Waals surface area contributed by atoms with E-state index in [0.29, 0.717) is 11.5 Å². The lowest BCUT2D eigenvalue weighted by atomic mass is 10.2. The number of carboxylic acid groups (broad SMARTS) is 1.